The minimum atomic E-state index is -3.62. The van der Waals surface area contributed by atoms with Gasteiger partial charge >= 0.3 is 0 Å². The van der Waals surface area contributed by atoms with Crippen LogP contribution >= 0.6 is 15.9 Å². The maximum absolute atomic E-state index is 12.5. The first-order valence-corrected chi connectivity index (χ1v) is 9.95. The van der Waals surface area contributed by atoms with Crippen molar-refractivity contribution < 1.29 is 13.2 Å². The zero-order valence-corrected chi connectivity index (χ0v) is 16.1. The first kappa shape index (κ1) is 18.5. The number of benzene rings is 2. The molecule has 0 bridgehead atoms. The van der Waals surface area contributed by atoms with Gasteiger partial charge in [0.1, 0.15) is 6.04 Å². The molecular formula is C17H19BrN2O3S. The number of carbonyl (C=O) groups excluding carboxylic acids is 1. The summed E-state index contributed by atoms with van der Waals surface area (Å²) in [6, 6.07) is 13.3. The average Bonchev–Trinajstić information content (AvgIpc) is 2.46. The molecule has 0 fully saturated rings. The smallest absolute Gasteiger partial charge is 0.247 e. The molecule has 0 aliphatic rings. The van der Waals surface area contributed by atoms with Crippen LogP contribution in [0.3, 0.4) is 0 Å². The second kappa shape index (κ2) is 7.36. The van der Waals surface area contributed by atoms with E-state index in [1.807, 2.05) is 19.1 Å². The highest BCUT2D eigenvalue weighted by atomic mass is 79.9. The molecule has 0 aromatic heterocycles. The second-order valence-electron chi connectivity index (χ2n) is 5.57. The number of aryl methyl sites for hydroxylation is 1. The monoisotopic (exact) mass is 410 g/mol. The molecule has 2 aromatic rings. The van der Waals surface area contributed by atoms with E-state index in [1.54, 1.807) is 43.3 Å². The highest BCUT2D eigenvalue weighted by Gasteiger charge is 2.29. The zero-order chi connectivity index (χ0) is 17.9. The van der Waals surface area contributed by atoms with Crippen molar-refractivity contribution in [3.8, 4) is 0 Å². The minimum Gasteiger partial charge on any atom is -0.324 e. The Balaban J connectivity index is 2.31. The van der Waals surface area contributed by atoms with E-state index in [0.29, 0.717) is 11.4 Å². The highest BCUT2D eigenvalue weighted by molar-refractivity contribution is 9.10. The Bertz CT molecular complexity index is 852. The third kappa shape index (κ3) is 4.58. The van der Waals surface area contributed by atoms with E-state index in [4.69, 9.17) is 0 Å². The lowest BCUT2D eigenvalue weighted by Gasteiger charge is -2.28. The lowest BCUT2D eigenvalue weighted by molar-refractivity contribution is -0.116. The molecule has 0 heterocycles. The van der Waals surface area contributed by atoms with Crippen LogP contribution in [0, 0.1) is 6.92 Å². The van der Waals surface area contributed by atoms with Crippen LogP contribution < -0.4 is 9.62 Å². The van der Waals surface area contributed by atoms with Gasteiger partial charge in [-0.3, -0.25) is 9.10 Å². The Morgan fingerprint density at radius 1 is 1.17 bits per heavy atom. The van der Waals surface area contributed by atoms with Crippen LogP contribution in [0.4, 0.5) is 11.4 Å². The summed E-state index contributed by atoms with van der Waals surface area (Å²) in [5.74, 6) is -0.403. The van der Waals surface area contributed by atoms with E-state index in [-0.39, 0.29) is 0 Å². The number of sulfonamides is 1. The van der Waals surface area contributed by atoms with Crippen molar-refractivity contribution in [2.75, 3.05) is 15.9 Å². The number of nitrogens with one attached hydrogen (secondary N) is 1. The summed E-state index contributed by atoms with van der Waals surface area (Å²) in [6.45, 7) is 3.44. The molecule has 0 unspecified atom stereocenters. The highest BCUT2D eigenvalue weighted by Crippen LogP contribution is 2.23. The number of carbonyl (C=O) groups is 1. The molecule has 0 saturated heterocycles. The van der Waals surface area contributed by atoms with Crippen LogP contribution in [0.5, 0.6) is 0 Å². The predicted molar refractivity (Wildman–Crippen MR) is 101 cm³/mol. The van der Waals surface area contributed by atoms with Gasteiger partial charge in [-0.25, -0.2) is 8.42 Å². The fourth-order valence-corrected chi connectivity index (χ4v) is 3.95. The molecule has 1 atom stereocenters. The number of hydrogen-bond donors (Lipinski definition) is 1. The fourth-order valence-electron chi connectivity index (χ4n) is 2.39. The molecule has 0 aliphatic heterocycles. The first-order valence-electron chi connectivity index (χ1n) is 7.31. The molecule has 0 radical (unpaired) electrons. The molecule has 1 N–H and O–H groups in total. The minimum absolute atomic E-state index is 0.403. The number of hydrogen-bond acceptors (Lipinski definition) is 3. The van der Waals surface area contributed by atoms with Gasteiger partial charge in [-0.1, -0.05) is 34.1 Å². The quantitative estimate of drug-likeness (QED) is 0.819. The van der Waals surface area contributed by atoms with Gasteiger partial charge in [-0.15, -0.1) is 0 Å². The van der Waals surface area contributed by atoms with E-state index in [0.717, 1.165) is 20.6 Å². The molecule has 2 aromatic carbocycles. The molecule has 0 spiro atoms. The molecule has 24 heavy (non-hydrogen) atoms. The molecule has 5 nitrogen and oxygen atoms in total. The van der Waals surface area contributed by atoms with E-state index >= 15 is 0 Å². The largest absolute Gasteiger partial charge is 0.324 e. The van der Waals surface area contributed by atoms with E-state index in [9.17, 15) is 13.2 Å². The molecule has 0 aliphatic carbocycles. The second-order valence-corrected chi connectivity index (χ2v) is 8.35. The summed E-state index contributed by atoms with van der Waals surface area (Å²) >= 11 is 3.34. The summed E-state index contributed by atoms with van der Waals surface area (Å²) in [5, 5.41) is 2.74. The maximum Gasteiger partial charge on any atom is 0.247 e. The predicted octanol–water partition coefficient (Wildman–Crippen LogP) is 3.55. The number of anilines is 2. The van der Waals surface area contributed by atoms with Gasteiger partial charge in [0.15, 0.2) is 0 Å². The van der Waals surface area contributed by atoms with Crippen LogP contribution in [0.25, 0.3) is 0 Å². The van der Waals surface area contributed by atoms with Gasteiger partial charge < -0.3 is 5.32 Å². The van der Waals surface area contributed by atoms with Crippen LogP contribution in [-0.2, 0) is 14.8 Å². The topological polar surface area (TPSA) is 66.5 Å². The summed E-state index contributed by atoms with van der Waals surface area (Å²) in [6.07, 6.45) is 1.10. The fraction of sp³-hybridized carbons (Fsp3) is 0.235. The third-order valence-corrected chi connectivity index (χ3v) is 5.17. The van der Waals surface area contributed by atoms with E-state index < -0.39 is 22.0 Å². The maximum atomic E-state index is 12.5. The Morgan fingerprint density at radius 2 is 1.83 bits per heavy atom. The Kier molecular flexibility index (Phi) is 5.66. The van der Waals surface area contributed by atoms with Gasteiger partial charge in [-0.05, 0) is 49.7 Å². The SMILES string of the molecule is Cc1cccc(N([C@H](C)C(=O)Nc2cccc(Br)c2)S(C)(=O)=O)c1. The van der Waals surface area contributed by atoms with E-state index in [1.165, 1.54) is 0 Å². The molecule has 0 saturated carbocycles. The molecule has 128 valence electrons. The number of halogens is 1. The van der Waals surface area contributed by atoms with Crippen LogP contribution in [0.15, 0.2) is 53.0 Å². The van der Waals surface area contributed by atoms with Crippen molar-refractivity contribution >= 4 is 43.2 Å². The lowest BCUT2D eigenvalue weighted by atomic mass is 10.2. The first-order chi connectivity index (χ1) is 11.2. The van der Waals surface area contributed by atoms with Crippen molar-refractivity contribution in [2.45, 2.75) is 19.9 Å². The van der Waals surface area contributed by atoms with Crippen LogP contribution in [0.2, 0.25) is 0 Å². The molecule has 2 rings (SSSR count). The Labute approximate surface area is 150 Å². The number of nitrogens with zero attached hydrogens (tertiary/aromatic N) is 1. The summed E-state index contributed by atoms with van der Waals surface area (Å²) < 4.78 is 26.4. The molecule has 7 heteroatoms. The van der Waals surface area contributed by atoms with Crippen molar-refractivity contribution in [2.24, 2.45) is 0 Å². The third-order valence-electron chi connectivity index (χ3n) is 3.44. The molecular weight excluding hydrogens is 392 g/mol. The van der Waals surface area contributed by atoms with Gasteiger partial charge in [-0.2, -0.15) is 0 Å². The van der Waals surface area contributed by atoms with Gasteiger partial charge in [0.25, 0.3) is 0 Å². The number of amides is 1. The van der Waals surface area contributed by atoms with Crippen molar-refractivity contribution in [3.05, 3.63) is 58.6 Å². The Hall–Kier alpha value is -1.86. The van der Waals surface area contributed by atoms with E-state index in [2.05, 4.69) is 21.2 Å². The van der Waals surface area contributed by atoms with Gasteiger partial charge in [0.2, 0.25) is 15.9 Å². The standard InChI is InChI=1S/C17H19BrN2O3S/c1-12-6-4-9-16(10-12)20(24(3,22)23)13(2)17(21)19-15-8-5-7-14(18)11-15/h4-11,13H,1-3H3,(H,19,21)/t13-/m1/s1. The summed E-state index contributed by atoms with van der Waals surface area (Å²) in [7, 11) is -3.62. The van der Waals surface area contributed by atoms with Crippen molar-refractivity contribution in [3.63, 3.8) is 0 Å². The summed E-state index contributed by atoms with van der Waals surface area (Å²) in [5.41, 5.74) is 1.98. The number of rotatable bonds is 5. The Morgan fingerprint density at radius 3 is 2.42 bits per heavy atom. The van der Waals surface area contributed by atoms with Gasteiger partial charge in [0, 0.05) is 10.2 Å². The van der Waals surface area contributed by atoms with Crippen molar-refractivity contribution in [1.29, 1.82) is 0 Å². The zero-order valence-electron chi connectivity index (χ0n) is 13.7. The normalized spacial score (nSPS) is 12.5. The van der Waals surface area contributed by atoms with Gasteiger partial charge in [0.05, 0.1) is 11.9 Å². The molecule has 1 amide bonds. The average molecular weight is 411 g/mol. The van der Waals surface area contributed by atoms with Crippen molar-refractivity contribution in [1.82, 2.24) is 0 Å². The summed E-state index contributed by atoms with van der Waals surface area (Å²) in [4.78, 5) is 12.5. The van der Waals surface area contributed by atoms with Crippen LogP contribution in [0.1, 0.15) is 12.5 Å². The van der Waals surface area contributed by atoms with Crippen LogP contribution in [-0.4, -0.2) is 26.6 Å². The lowest BCUT2D eigenvalue weighted by Crippen LogP contribution is -2.45.